The molecule has 2 rings (SSSR count). The molecule has 0 spiro atoms. The van der Waals surface area contributed by atoms with Gasteiger partial charge < -0.3 is 9.67 Å². The summed E-state index contributed by atoms with van der Waals surface area (Å²) in [4.78, 5) is 12.0. The third-order valence-corrected chi connectivity index (χ3v) is 4.85. The molecule has 0 amide bonds. The molecule has 0 radical (unpaired) electrons. The third-order valence-electron chi connectivity index (χ3n) is 2.95. The van der Waals surface area contributed by atoms with Crippen molar-refractivity contribution in [1.29, 1.82) is 0 Å². The van der Waals surface area contributed by atoms with Gasteiger partial charge in [0.05, 0.1) is 12.3 Å². The van der Waals surface area contributed by atoms with Crippen molar-refractivity contribution < 1.29 is 9.90 Å². The van der Waals surface area contributed by atoms with Crippen LogP contribution in [0.2, 0.25) is 0 Å². The van der Waals surface area contributed by atoms with Gasteiger partial charge in [-0.15, -0.1) is 21.5 Å². The van der Waals surface area contributed by atoms with Gasteiger partial charge in [-0.05, 0) is 23.4 Å². The quantitative estimate of drug-likeness (QED) is 0.796. The molecule has 0 aliphatic heterocycles. The lowest BCUT2D eigenvalue weighted by atomic mass is 10.2. The minimum absolute atomic E-state index is 0.00687. The normalized spacial score (nSPS) is 10.9. The number of nitrogens with zero attached hydrogens (tertiary/aromatic N) is 3. The van der Waals surface area contributed by atoms with Gasteiger partial charge in [-0.2, -0.15) is 0 Å². The summed E-state index contributed by atoms with van der Waals surface area (Å²) in [5.41, 5.74) is 1.33. The van der Waals surface area contributed by atoms with Crippen LogP contribution in [0.15, 0.2) is 16.6 Å². The van der Waals surface area contributed by atoms with Crippen LogP contribution in [0, 0.1) is 0 Å². The van der Waals surface area contributed by atoms with E-state index in [1.165, 1.54) is 22.2 Å². The number of hydrogen-bond donors (Lipinski definition) is 1. The van der Waals surface area contributed by atoms with E-state index in [1.807, 2.05) is 11.5 Å². The number of thiophene rings is 1. The highest BCUT2D eigenvalue weighted by molar-refractivity contribution is 7.99. The Kier molecular flexibility index (Phi) is 5.19. The average Bonchev–Trinajstić information content (AvgIpc) is 3.03. The zero-order chi connectivity index (χ0) is 14.5. The van der Waals surface area contributed by atoms with Crippen molar-refractivity contribution in [2.75, 3.05) is 5.75 Å². The Morgan fingerprint density at radius 2 is 2.20 bits per heavy atom. The molecule has 5 nitrogen and oxygen atoms in total. The maximum Gasteiger partial charge on any atom is 0.313 e. The predicted molar refractivity (Wildman–Crippen MR) is 80.6 cm³/mol. The van der Waals surface area contributed by atoms with Crippen molar-refractivity contribution in [3.05, 3.63) is 27.7 Å². The summed E-state index contributed by atoms with van der Waals surface area (Å²) in [6, 6.07) is 2.14. The molecule has 2 heterocycles. The number of carboxylic acid groups (broad SMARTS) is 1. The fourth-order valence-electron chi connectivity index (χ4n) is 1.94. The van der Waals surface area contributed by atoms with E-state index in [2.05, 4.69) is 28.6 Å². The third kappa shape index (κ3) is 3.40. The summed E-state index contributed by atoms with van der Waals surface area (Å²) in [7, 11) is 0. The van der Waals surface area contributed by atoms with Crippen LogP contribution in [0.25, 0.3) is 0 Å². The monoisotopic (exact) mass is 311 g/mol. The van der Waals surface area contributed by atoms with Crippen LogP contribution in [0.3, 0.4) is 0 Å². The van der Waals surface area contributed by atoms with Crippen molar-refractivity contribution in [2.45, 2.75) is 38.4 Å². The Hall–Kier alpha value is -1.34. The minimum Gasteiger partial charge on any atom is -0.481 e. The van der Waals surface area contributed by atoms with E-state index < -0.39 is 5.97 Å². The van der Waals surface area contributed by atoms with E-state index in [4.69, 9.17) is 5.11 Å². The average molecular weight is 311 g/mol. The van der Waals surface area contributed by atoms with Crippen LogP contribution in [0.1, 0.15) is 30.1 Å². The van der Waals surface area contributed by atoms with E-state index in [9.17, 15) is 4.79 Å². The Morgan fingerprint density at radius 3 is 2.85 bits per heavy atom. The summed E-state index contributed by atoms with van der Waals surface area (Å²) in [6.45, 7) is 4.89. The largest absolute Gasteiger partial charge is 0.481 e. The molecular formula is C13H17N3O2S2. The lowest BCUT2D eigenvalue weighted by Crippen LogP contribution is -2.07. The number of thioether (sulfide) groups is 1. The van der Waals surface area contributed by atoms with Gasteiger partial charge in [0.25, 0.3) is 0 Å². The number of rotatable bonds is 7. The lowest BCUT2D eigenvalue weighted by Gasteiger charge is -2.09. The minimum atomic E-state index is -0.840. The molecule has 0 aliphatic rings. The van der Waals surface area contributed by atoms with E-state index in [0.717, 1.165) is 25.2 Å². The van der Waals surface area contributed by atoms with E-state index in [1.54, 1.807) is 11.3 Å². The first-order valence-corrected chi connectivity index (χ1v) is 8.34. The van der Waals surface area contributed by atoms with Gasteiger partial charge in [-0.25, -0.2) is 0 Å². The van der Waals surface area contributed by atoms with Crippen molar-refractivity contribution in [1.82, 2.24) is 14.8 Å². The predicted octanol–water partition coefficient (Wildman–Crippen LogP) is 2.69. The molecule has 0 aliphatic carbocycles. The van der Waals surface area contributed by atoms with Crippen LogP contribution < -0.4 is 0 Å². The molecule has 2 aromatic heterocycles. The van der Waals surface area contributed by atoms with Gasteiger partial charge in [-0.3, -0.25) is 4.79 Å². The molecule has 0 saturated heterocycles. The Balaban J connectivity index is 2.24. The molecule has 0 unspecified atom stereocenters. The molecule has 7 heteroatoms. The molecule has 108 valence electrons. The first-order valence-electron chi connectivity index (χ1n) is 6.47. The van der Waals surface area contributed by atoms with E-state index in [0.29, 0.717) is 5.16 Å². The standard InChI is InChI=1S/C13H17N3O2S2/c1-3-9-5-6-19-10(9)7-16-11(4-2)14-15-13(16)20-8-12(17)18/h5-6H,3-4,7-8H2,1-2H3,(H,17,18). The molecule has 0 bridgehead atoms. The fourth-order valence-corrected chi connectivity index (χ4v) is 3.58. The van der Waals surface area contributed by atoms with Gasteiger partial charge >= 0.3 is 5.97 Å². The maximum atomic E-state index is 10.7. The highest BCUT2D eigenvalue weighted by Gasteiger charge is 2.14. The Labute approximate surface area is 126 Å². The SMILES string of the molecule is CCc1ccsc1Cn1c(CC)nnc1SCC(=O)O. The van der Waals surface area contributed by atoms with Crippen LogP contribution >= 0.6 is 23.1 Å². The number of aryl methyl sites for hydroxylation is 2. The Bertz CT molecular complexity index is 592. The second-order valence-electron chi connectivity index (χ2n) is 4.24. The summed E-state index contributed by atoms with van der Waals surface area (Å²) in [6.07, 6.45) is 1.79. The van der Waals surface area contributed by atoms with Crippen molar-refractivity contribution in [3.8, 4) is 0 Å². The smallest absolute Gasteiger partial charge is 0.313 e. The number of aromatic nitrogens is 3. The van der Waals surface area contributed by atoms with Crippen LogP contribution in [-0.2, 0) is 24.2 Å². The molecule has 0 saturated carbocycles. The highest BCUT2D eigenvalue weighted by atomic mass is 32.2. The summed E-state index contributed by atoms with van der Waals surface area (Å²) < 4.78 is 2.03. The summed E-state index contributed by atoms with van der Waals surface area (Å²) in [5, 5.41) is 19.8. The van der Waals surface area contributed by atoms with Crippen LogP contribution in [-0.4, -0.2) is 31.6 Å². The highest BCUT2D eigenvalue weighted by Crippen LogP contribution is 2.23. The molecule has 0 fully saturated rings. The van der Waals surface area contributed by atoms with Gasteiger partial charge in [0, 0.05) is 11.3 Å². The Morgan fingerprint density at radius 1 is 1.40 bits per heavy atom. The van der Waals surface area contributed by atoms with Crippen molar-refractivity contribution in [2.24, 2.45) is 0 Å². The van der Waals surface area contributed by atoms with Gasteiger partial charge in [-0.1, -0.05) is 25.6 Å². The topological polar surface area (TPSA) is 68.0 Å². The summed E-state index contributed by atoms with van der Waals surface area (Å²) >= 11 is 2.94. The number of aliphatic carboxylic acids is 1. The van der Waals surface area contributed by atoms with Crippen molar-refractivity contribution >= 4 is 29.1 Å². The number of carboxylic acids is 1. The zero-order valence-corrected chi connectivity index (χ0v) is 13.1. The molecular weight excluding hydrogens is 294 g/mol. The molecule has 2 aromatic rings. The molecule has 20 heavy (non-hydrogen) atoms. The van der Waals surface area contributed by atoms with E-state index >= 15 is 0 Å². The zero-order valence-electron chi connectivity index (χ0n) is 11.5. The fraction of sp³-hybridized carbons (Fsp3) is 0.462. The number of hydrogen-bond acceptors (Lipinski definition) is 5. The second-order valence-corrected chi connectivity index (χ2v) is 6.19. The first-order chi connectivity index (χ1) is 9.65. The first kappa shape index (κ1) is 15.1. The second kappa shape index (κ2) is 6.90. The number of carbonyl (C=O) groups is 1. The van der Waals surface area contributed by atoms with Crippen molar-refractivity contribution in [3.63, 3.8) is 0 Å². The summed E-state index contributed by atoms with van der Waals surface area (Å²) in [5.74, 6) is 0.0636. The van der Waals surface area contributed by atoms with Crippen LogP contribution in [0.4, 0.5) is 0 Å². The maximum absolute atomic E-state index is 10.7. The molecule has 1 N–H and O–H groups in total. The van der Waals surface area contributed by atoms with Crippen LogP contribution in [0.5, 0.6) is 0 Å². The van der Waals surface area contributed by atoms with E-state index in [-0.39, 0.29) is 5.75 Å². The molecule has 0 aromatic carbocycles. The molecule has 0 atom stereocenters. The van der Waals surface area contributed by atoms with Gasteiger partial charge in [0.15, 0.2) is 5.16 Å². The lowest BCUT2D eigenvalue weighted by molar-refractivity contribution is -0.133. The van der Waals surface area contributed by atoms with Gasteiger partial charge in [0.2, 0.25) is 0 Å². The van der Waals surface area contributed by atoms with Gasteiger partial charge in [0.1, 0.15) is 5.82 Å².